The standard InChI is InChI=1S/C23H24ClFN6O2/c1-23(13-32)12-28-21-15(23)8-14(11-27-21)18-2-3-26-22(29-18)30-19-10-17(25)20(9-16(19)24)31-4-6-33-7-5-31/h2-3,8-11,32H,4-7,12-13H2,1H3,(H,27,28)(H,26,29,30). The molecular weight excluding hydrogens is 447 g/mol. The van der Waals surface area contributed by atoms with Gasteiger partial charge in [0.05, 0.1) is 41.9 Å². The SMILES string of the molecule is CC1(CO)CNc2ncc(-c3ccnc(Nc4cc(F)c(N5CCOCC5)cc4Cl)n3)cc21. The Morgan fingerprint density at radius 2 is 2.09 bits per heavy atom. The number of anilines is 4. The van der Waals surface area contributed by atoms with Gasteiger partial charge in [0.15, 0.2) is 0 Å². The molecule has 1 aromatic carbocycles. The van der Waals surface area contributed by atoms with E-state index in [1.165, 1.54) is 6.07 Å². The number of halogens is 2. The molecule has 0 saturated carbocycles. The average Bonchev–Trinajstić information content (AvgIpc) is 3.18. The maximum atomic E-state index is 14.8. The average molecular weight is 471 g/mol. The molecule has 0 amide bonds. The van der Waals surface area contributed by atoms with Crippen LogP contribution in [0.3, 0.4) is 0 Å². The minimum absolute atomic E-state index is 0.0131. The second kappa shape index (κ2) is 8.74. The molecule has 33 heavy (non-hydrogen) atoms. The second-order valence-corrected chi connectivity index (χ2v) is 8.87. The van der Waals surface area contributed by atoms with Gasteiger partial charge >= 0.3 is 0 Å². The number of hydrogen-bond acceptors (Lipinski definition) is 8. The van der Waals surface area contributed by atoms with Gasteiger partial charge in [-0.2, -0.15) is 0 Å². The first-order valence-corrected chi connectivity index (χ1v) is 11.1. The lowest BCUT2D eigenvalue weighted by Crippen LogP contribution is -2.36. The summed E-state index contributed by atoms with van der Waals surface area (Å²) in [5, 5.41) is 16.5. The zero-order valence-corrected chi connectivity index (χ0v) is 18.9. The van der Waals surface area contributed by atoms with Crippen molar-refractivity contribution in [2.45, 2.75) is 12.3 Å². The van der Waals surface area contributed by atoms with E-state index in [0.717, 1.165) is 16.9 Å². The van der Waals surface area contributed by atoms with Crippen LogP contribution in [0.5, 0.6) is 0 Å². The summed E-state index contributed by atoms with van der Waals surface area (Å²) in [5.74, 6) is 0.681. The molecule has 8 nitrogen and oxygen atoms in total. The monoisotopic (exact) mass is 470 g/mol. The van der Waals surface area contributed by atoms with Crippen molar-refractivity contribution < 1.29 is 14.2 Å². The van der Waals surface area contributed by atoms with Gasteiger partial charge in [0.2, 0.25) is 5.95 Å². The first kappa shape index (κ1) is 21.8. The molecule has 1 unspecified atom stereocenters. The second-order valence-electron chi connectivity index (χ2n) is 8.47. The van der Waals surface area contributed by atoms with Crippen LogP contribution in [0.25, 0.3) is 11.3 Å². The van der Waals surface area contributed by atoms with Crippen molar-refractivity contribution in [3.05, 3.63) is 53.1 Å². The van der Waals surface area contributed by atoms with E-state index < -0.39 is 5.41 Å². The van der Waals surface area contributed by atoms with Gasteiger partial charge in [0.1, 0.15) is 11.6 Å². The van der Waals surface area contributed by atoms with Crippen molar-refractivity contribution in [2.24, 2.45) is 0 Å². The third-order valence-electron chi connectivity index (χ3n) is 6.12. The molecule has 2 aliphatic heterocycles. The molecule has 2 aromatic heterocycles. The van der Waals surface area contributed by atoms with Gasteiger partial charge in [-0.15, -0.1) is 0 Å². The van der Waals surface area contributed by atoms with E-state index in [4.69, 9.17) is 16.3 Å². The summed E-state index contributed by atoms with van der Waals surface area (Å²) >= 11 is 6.46. The van der Waals surface area contributed by atoms with Gasteiger partial charge in [-0.25, -0.2) is 19.3 Å². The van der Waals surface area contributed by atoms with Crippen LogP contribution >= 0.6 is 11.6 Å². The Morgan fingerprint density at radius 3 is 2.88 bits per heavy atom. The van der Waals surface area contributed by atoms with Gasteiger partial charge in [0.25, 0.3) is 0 Å². The van der Waals surface area contributed by atoms with E-state index >= 15 is 0 Å². The molecule has 3 N–H and O–H groups in total. The lowest BCUT2D eigenvalue weighted by Gasteiger charge is -2.29. The van der Waals surface area contributed by atoms with Crippen molar-refractivity contribution in [1.82, 2.24) is 15.0 Å². The highest BCUT2D eigenvalue weighted by atomic mass is 35.5. The number of aliphatic hydroxyl groups is 1. The minimum Gasteiger partial charge on any atom is -0.395 e. The van der Waals surface area contributed by atoms with E-state index in [1.54, 1.807) is 24.5 Å². The van der Waals surface area contributed by atoms with Crippen LogP contribution in [0.1, 0.15) is 12.5 Å². The number of pyridine rings is 1. The van der Waals surface area contributed by atoms with Gasteiger partial charge in [0, 0.05) is 54.6 Å². The Morgan fingerprint density at radius 1 is 1.27 bits per heavy atom. The Kier molecular flexibility index (Phi) is 5.77. The maximum absolute atomic E-state index is 14.8. The predicted octanol–water partition coefficient (Wildman–Crippen LogP) is 3.59. The zero-order valence-electron chi connectivity index (χ0n) is 18.1. The van der Waals surface area contributed by atoms with Crippen molar-refractivity contribution >= 4 is 34.7 Å². The lowest BCUT2D eigenvalue weighted by molar-refractivity contribution is 0.122. The molecular formula is C23H24ClFN6O2. The maximum Gasteiger partial charge on any atom is 0.227 e. The highest BCUT2D eigenvalue weighted by Gasteiger charge is 2.35. The van der Waals surface area contributed by atoms with Crippen LogP contribution in [0.4, 0.5) is 27.5 Å². The molecule has 4 heterocycles. The number of fused-ring (bicyclic) bond motifs is 1. The van der Waals surface area contributed by atoms with Crippen LogP contribution < -0.4 is 15.5 Å². The molecule has 0 aliphatic carbocycles. The third-order valence-corrected chi connectivity index (χ3v) is 6.43. The van der Waals surface area contributed by atoms with Crippen LogP contribution in [-0.4, -0.2) is 59.5 Å². The lowest BCUT2D eigenvalue weighted by atomic mass is 9.85. The predicted molar refractivity (Wildman–Crippen MR) is 126 cm³/mol. The quantitative estimate of drug-likeness (QED) is 0.520. The van der Waals surface area contributed by atoms with E-state index in [2.05, 4.69) is 25.6 Å². The number of aliphatic hydroxyl groups excluding tert-OH is 1. The molecule has 5 rings (SSSR count). The fourth-order valence-corrected chi connectivity index (χ4v) is 4.30. The molecule has 1 atom stereocenters. The number of morpholine rings is 1. The Hall–Kier alpha value is -3.01. The molecule has 0 bridgehead atoms. The van der Waals surface area contributed by atoms with E-state index in [1.807, 2.05) is 17.9 Å². The number of ether oxygens (including phenoxy) is 1. The summed E-state index contributed by atoms with van der Waals surface area (Å²) in [6.45, 7) is 4.97. The molecule has 3 aromatic rings. The number of hydrogen-bond donors (Lipinski definition) is 3. The van der Waals surface area contributed by atoms with Crippen molar-refractivity contribution in [2.75, 3.05) is 55.0 Å². The summed E-state index contributed by atoms with van der Waals surface area (Å²) in [6.07, 6.45) is 3.35. The smallest absolute Gasteiger partial charge is 0.227 e. The number of benzene rings is 1. The molecule has 0 spiro atoms. The number of nitrogens with zero attached hydrogens (tertiary/aromatic N) is 4. The Labute approximate surface area is 195 Å². The number of rotatable bonds is 5. The zero-order chi connectivity index (χ0) is 23.0. The van der Waals surface area contributed by atoms with E-state index in [9.17, 15) is 9.50 Å². The van der Waals surface area contributed by atoms with Crippen LogP contribution in [0, 0.1) is 5.82 Å². The molecule has 172 valence electrons. The largest absolute Gasteiger partial charge is 0.395 e. The molecule has 2 aliphatic rings. The Balaban J connectivity index is 1.41. The highest BCUT2D eigenvalue weighted by Crippen LogP contribution is 2.37. The van der Waals surface area contributed by atoms with Gasteiger partial charge in [-0.3, -0.25) is 0 Å². The van der Waals surface area contributed by atoms with E-state index in [0.29, 0.717) is 54.9 Å². The van der Waals surface area contributed by atoms with Crippen molar-refractivity contribution in [3.8, 4) is 11.3 Å². The summed E-state index contributed by atoms with van der Waals surface area (Å²) in [7, 11) is 0. The topological polar surface area (TPSA) is 95.4 Å². The molecule has 0 radical (unpaired) electrons. The minimum atomic E-state index is -0.403. The molecule has 10 heteroatoms. The van der Waals surface area contributed by atoms with Crippen LogP contribution in [-0.2, 0) is 10.2 Å². The third kappa shape index (κ3) is 4.19. The summed E-state index contributed by atoms with van der Waals surface area (Å²) in [6, 6.07) is 6.73. The highest BCUT2D eigenvalue weighted by molar-refractivity contribution is 6.33. The first-order valence-electron chi connectivity index (χ1n) is 10.7. The summed E-state index contributed by atoms with van der Waals surface area (Å²) in [5.41, 5.74) is 2.82. The fourth-order valence-electron chi connectivity index (χ4n) is 4.10. The molecule has 1 fully saturated rings. The number of aromatic nitrogens is 3. The summed E-state index contributed by atoms with van der Waals surface area (Å²) < 4.78 is 20.2. The number of nitrogens with one attached hydrogen (secondary N) is 2. The van der Waals surface area contributed by atoms with Crippen LogP contribution in [0.2, 0.25) is 5.02 Å². The molecule has 1 saturated heterocycles. The van der Waals surface area contributed by atoms with Gasteiger partial charge < -0.3 is 25.4 Å². The Bertz CT molecular complexity index is 1190. The van der Waals surface area contributed by atoms with Crippen LogP contribution in [0.15, 0.2) is 36.7 Å². The van der Waals surface area contributed by atoms with Gasteiger partial charge in [-0.1, -0.05) is 18.5 Å². The fraction of sp³-hybridized carbons (Fsp3) is 0.348. The van der Waals surface area contributed by atoms with Crippen molar-refractivity contribution in [1.29, 1.82) is 0 Å². The van der Waals surface area contributed by atoms with Crippen molar-refractivity contribution in [3.63, 3.8) is 0 Å². The normalized spacial score (nSPS) is 19.8. The summed E-state index contributed by atoms with van der Waals surface area (Å²) in [4.78, 5) is 15.2. The first-order chi connectivity index (χ1) is 16.0. The van der Waals surface area contributed by atoms with E-state index in [-0.39, 0.29) is 18.4 Å². The van der Waals surface area contributed by atoms with Gasteiger partial charge in [-0.05, 0) is 18.2 Å².